The number of nitrogens with one attached hydrogen (secondary N) is 1. The van der Waals surface area contributed by atoms with Gasteiger partial charge in [-0.25, -0.2) is 8.78 Å². The molecule has 1 unspecified atom stereocenters. The second kappa shape index (κ2) is 5.23. The van der Waals surface area contributed by atoms with Gasteiger partial charge >= 0.3 is 0 Å². The van der Waals surface area contributed by atoms with Gasteiger partial charge in [-0.3, -0.25) is 0 Å². The van der Waals surface area contributed by atoms with Crippen molar-refractivity contribution in [3.8, 4) is 0 Å². The van der Waals surface area contributed by atoms with Gasteiger partial charge in [0, 0.05) is 0 Å². The molecule has 1 nitrogen and oxygen atoms in total. The van der Waals surface area contributed by atoms with Crippen molar-refractivity contribution in [1.29, 1.82) is 0 Å². The number of fused-ring (bicyclic) bond motifs is 1. The third-order valence-corrected chi connectivity index (χ3v) is 4.14. The van der Waals surface area contributed by atoms with Gasteiger partial charge in [0.1, 0.15) is 11.6 Å². The molecule has 0 aromatic heterocycles. The highest BCUT2D eigenvalue weighted by atomic mass is 35.5. The first-order valence-corrected chi connectivity index (χ1v) is 7.00. The van der Waals surface area contributed by atoms with Crippen molar-refractivity contribution in [2.24, 2.45) is 0 Å². The summed E-state index contributed by atoms with van der Waals surface area (Å²) in [6.45, 7) is 0. The van der Waals surface area contributed by atoms with Crippen molar-refractivity contribution >= 4 is 28.9 Å². The van der Waals surface area contributed by atoms with E-state index in [4.69, 9.17) is 23.2 Å². The smallest absolute Gasteiger partial charge is 0.126 e. The molecule has 0 radical (unpaired) electrons. The zero-order chi connectivity index (χ0) is 14.3. The summed E-state index contributed by atoms with van der Waals surface area (Å²) in [4.78, 5) is 0. The molecule has 0 spiro atoms. The highest BCUT2D eigenvalue weighted by Crippen LogP contribution is 2.39. The van der Waals surface area contributed by atoms with Crippen LogP contribution in [0.4, 0.5) is 14.5 Å². The molecule has 1 atom stereocenters. The third-order valence-electron chi connectivity index (χ3n) is 3.54. The fourth-order valence-corrected chi connectivity index (χ4v) is 3.18. The molecule has 1 N–H and O–H groups in total. The summed E-state index contributed by atoms with van der Waals surface area (Å²) in [6.07, 6.45) is 1.41. The fourth-order valence-electron chi connectivity index (χ4n) is 2.61. The topological polar surface area (TPSA) is 12.0 Å². The summed E-state index contributed by atoms with van der Waals surface area (Å²) in [7, 11) is 0. The molecule has 20 heavy (non-hydrogen) atoms. The van der Waals surface area contributed by atoms with Crippen LogP contribution in [0.3, 0.4) is 0 Å². The molecule has 0 saturated heterocycles. The molecule has 2 aromatic rings. The Morgan fingerprint density at radius 1 is 1.10 bits per heavy atom. The minimum absolute atomic E-state index is 0.0684. The molecule has 0 amide bonds. The van der Waals surface area contributed by atoms with Crippen LogP contribution in [0.5, 0.6) is 0 Å². The molecule has 0 bridgehead atoms. The van der Waals surface area contributed by atoms with E-state index in [1.807, 2.05) is 6.07 Å². The number of hydrogen-bond acceptors (Lipinski definition) is 1. The van der Waals surface area contributed by atoms with Crippen LogP contribution in [0.1, 0.15) is 23.6 Å². The lowest BCUT2D eigenvalue weighted by Gasteiger charge is -2.18. The number of rotatable bonds is 2. The van der Waals surface area contributed by atoms with E-state index < -0.39 is 5.82 Å². The van der Waals surface area contributed by atoms with Crippen LogP contribution in [-0.2, 0) is 6.42 Å². The Balaban J connectivity index is 1.94. The summed E-state index contributed by atoms with van der Waals surface area (Å²) in [6, 6.07) is 7.37. The monoisotopic (exact) mass is 313 g/mol. The molecule has 0 saturated carbocycles. The molecule has 0 aliphatic heterocycles. The van der Waals surface area contributed by atoms with Crippen LogP contribution in [0, 0.1) is 11.6 Å². The molecule has 0 fully saturated rings. The average molecular weight is 314 g/mol. The van der Waals surface area contributed by atoms with Crippen LogP contribution in [0.15, 0.2) is 30.3 Å². The second-order valence-corrected chi connectivity index (χ2v) is 5.60. The Hall–Kier alpha value is -1.32. The van der Waals surface area contributed by atoms with Crippen molar-refractivity contribution in [3.05, 3.63) is 63.1 Å². The molecule has 0 heterocycles. The Morgan fingerprint density at radius 2 is 1.80 bits per heavy atom. The second-order valence-electron chi connectivity index (χ2n) is 4.79. The van der Waals surface area contributed by atoms with Crippen LogP contribution >= 0.6 is 23.2 Å². The highest BCUT2D eigenvalue weighted by Gasteiger charge is 2.25. The largest absolute Gasteiger partial charge is 0.376 e. The Labute approximate surface area is 125 Å². The maximum atomic E-state index is 13.7. The van der Waals surface area contributed by atoms with Gasteiger partial charge in [-0.15, -0.1) is 0 Å². The van der Waals surface area contributed by atoms with Crippen LogP contribution in [0.2, 0.25) is 10.0 Å². The minimum Gasteiger partial charge on any atom is -0.376 e. The van der Waals surface area contributed by atoms with Crippen LogP contribution < -0.4 is 5.32 Å². The molecule has 104 valence electrons. The zero-order valence-corrected chi connectivity index (χ0v) is 11.9. The lowest BCUT2D eigenvalue weighted by Crippen LogP contribution is -2.08. The molecule has 1 aliphatic rings. The minimum atomic E-state index is -0.483. The summed E-state index contributed by atoms with van der Waals surface area (Å²) in [5.74, 6) is -0.675. The fraction of sp³-hybridized carbons (Fsp3) is 0.200. The maximum Gasteiger partial charge on any atom is 0.126 e. The molecule has 5 heteroatoms. The zero-order valence-electron chi connectivity index (χ0n) is 10.4. The molecule has 3 rings (SSSR count). The van der Waals surface area contributed by atoms with Gasteiger partial charge < -0.3 is 5.32 Å². The Bertz CT molecular complexity index is 650. The van der Waals surface area contributed by atoms with Gasteiger partial charge in [-0.2, -0.15) is 0 Å². The number of hydrogen-bond donors (Lipinski definition) is 1. The predicted octanol–water partition coefficient (Wildman–Crippen LogP) is 5.37. The van der Waals surface area contributed by atoms with Crippen molar-refractivity contribution in [2.45, 2.75) is 18.9 Å². The van der Waals surface area contributed by atoms with Gasteiger partial charge in [0.2, 0.25) is 0 Å². The first-order chi connectivity index (χ1) is 9.56. The van der Waals surface area contributed by atoms with E-state index in [9.17, 15) is 8.78 Å². The average Bonchev–Trinajstić information content (AvgIpc) is 2.78. The quantitative estimate of drug-likeness (QED) is 0.785. The number of anilines is 1. The first-order valence-electron chi connectivity index (χ1n) is 6.24. The van der Waals surface area contributed by atoms with Crippen molar-refractivity contribution < 1.29 is 8.78 Å². The van der Waals surface area contributed by atoms with Crippen LogP contribution in [-0.4, -0.2) is 0 Å². The van der Waals surface area contributed by atoms with Crippen molar-refractivity contribution in [3.63, 3.8) is 0 Å². The number of benzene rings is 2. The molecule has 2 aromatic carbocycles. The highest BCUT2D eigenvalue weighted by molar-refractivity contribution is 6.39. The maximum absolute atomic E-state index is 13.7. The molecular weight excluding hydrogens is 303 g/mol. The van der Waals surface area contributed by atoms with E-state index >= 15 is 0 Å². The van der Waals surface area contributed by atoms with E-state index in [0.717, 1.165) is 17.5 Å². The van der Waals surface area contributed by atoms with E-state index in [1.165, 1.54) is 18.2 Å². The third kappa shape index (κ3) is 2.36. The van der Waals surface area contributed by atoms with E-state index in [2.05, 4.69) is 5.32 Å². The Kier molecular flexibility index (Phi) is 3.57. The summed E-state index contributed by atoms with van der Waals surface area (Å²) in [5.41, 5.74) is 2.11. The summed E-state index contributed by atoms with van der Waals surface area (Å²) >= 11 is 12.0. The SMILES string of the molecule is Fc1cc(Cl)c(NC2CCc3c(F)cccc32)c(Cl)c1. The Morgan fingerprint density at radius 3 is 2.50 bits per heavy atom. The normalized spacial score (nSPS) is 17.1. The van der Waals surface area contributed by atoms with E-state index in [1.54, 1.807) is 6.07 Å². The van der Waals surface area contributed by atoms with Gasteiger partial charge in [0.15, 0.2) is 0 Å². The summed E-state index contributed by atoms with van der Waals surface area (Å²) < 4.78 is 26.9. The van der Waals surface area contributed by atoms with Crippen LogP contribution in [0.25, 0.3) is 0 Å². The first kappa shape index (κ1) is 13.7. The lowest BCUT2D eigenvalue weighted by atomic mass is 10.1. The van der Waals surface area contributed by atoms with Crippen molar-refractivity contribution in [1.82, 2.24) is 0 Å². The van der Waals surface area contributed by atoms with Crippen molar-refractivity contribution in [2.75, 3.05) is 5.32 Å². The lowest BCUT2D eigenvalue weighted by molar-refractivity contribution is 0.612. The van der Waals surface area contributed by atoms with Gasteiger partial charge in [-0.05, 0) is 42.2 Å². The predicted molar refractivity (Wildman–Crippen MR) is 77.5 cm³/mol. The van der Waals surface area contributed by atoms with E-state index in [0.29, 0.717) is 12.1 Å². The van der Waals surface area contributed by atoms with Gasteiger partial charge in [0.25, 0.3) is 0 Å². The summed E-state index contributed by atoms with van der Waals surface area (Å²) in [5, 5.41) is 3.64. The van der Waals surface area contributed by atoms with Gasteiger partial charge in [-0.1, -0.05) is 35.3 Å². The molecule has 1 aliphatic carbocycles. The number of halogens is 4. The van der Waals surface area contributed by atoms with Gasteiger partial charge in [0.05, 0.1) is 21.8 Å². The van der Waals surface area contributed by atoms with E-state index in [-0.39, 0.29) is 21.9 Å². The molecular formula is C15H11Cl2F2N. The standard InChI is InChI=1S/C15H11Cl2F2N/c16-11-6-8(18)7-12(17)15(11)20-14-5-4-9-10(14)2-1-3-13(9)19/h1-3,6-7,14,20H,4-5H2.